The molecule has 0 radical (unpaired) electrons. The van der Waals surface area contributed by atoms with Gasteiger partial charge in [0, 0.05) is 16.7 Å². The largest absolute Gasteiger partial charge is 0.496 e. The molecule has 1 aliphatic rings. The fraction of sp³-hybridized carbons (Fsp3) is 0.417. The van der Waals surface area contributed by atoms with Crippen LogP contribution in [0.4, 0.5) is 0 Å². The molecule has 1 N–H and O–H groups in total. The zero-order valence-electron chi connectivity index (χ0n) is 17.2. The maximum atomic E-state index is 13.5. The van der Waals surface area contributed by atoms with Gasteiger partial charge in [-0.25, -0.2) is 0 Å². The predicted molar refractivity (Wildman–Crippen MR) is 111 cm³/mol. The minimum atomic E-state index is -0.828. The molecular formula is C24H29NO3. The Morgan fingerprint density at radius 3 is 2.29 bits per heavy atom. The molecule has 2 aromatic carbocycles. The molecule has 0 heterocycles. The summed E-state index contributed by atoms with van der Waals surface area (Å²) in [4.78, 5) is 26.7. The molecule has 4 heteroatoms. The number of hydrogen-bond donors (Lipinski definition) is 1. The third-order valence-corrected chi connectivity index (χ3v) is 5.68. The number of hydrogen-bond acceptors (Lipinski definition) is 3. The van der Waals surface area contributed by atoms with E-state index in [9.17, 15) is 9.59 Å². The van der Waals surface area contributed by atoms with Gasteiger partial charge in [-0.2, -0.15) is 0 Å². The van der Waals surface area contributed by atoms with Gasteiger partial charge >= 0.3 is 0 Å². The Hall–Kier alpha value is -2.62. The molecule has 0 atom stereocenters. The van der Waals surface area contributed by atoms with E-state index in [2.05, 4.69) is 11.4 Å². The Morgan fingerprint density at radius 1 is 1.07 bits per heavy atom. The van der Waals surface area contributed by atoms with Crippen LogP contribution in [0.5, 0.6) is 5.75 Å². The lowest BCUT2D eigenvalue weighted by atomic mass is 9.86. The van der Waals surface area contributed by atoms with Gasteiger partial charge in [0.1, 0.15) is 11.3 Å². The molecular weight excluding hydrogens is 350 g/mol. The van der Waals surface area contributed by atoms with Crippen molar-refractivity contribution in [3.63, 3.8) is 0 Å². The summed E-state index contributed by atoms with van der Waals surface area (Å²) in [6.45, 7) is 5.99. The second kappa shape index (κ2) is 8.17. The van der Waals surface area contributed by atoms with Crippen LogP contribution in [-0.4, -0.2) is 24.3 Å². The van der Waals surface area contributed by atoms with Crippen molar-refractivity contribution < 1.29 is 14.3 Å². The minimum Gasteiger partial charge on any atom is -0.496 e. The van der Waals surface area contributed by atoms with E-state index in [0.717, 1.165) is 29.5 Å². The molecule has 1 saturated carbocycles. The maximum Gasteiger partial charge on any atom is 0.252 e. The summed E-state index contributed by atoms with van der Waals surface area (Å²) in [5, 5.41) is 3.13. The minimum absolute atomic E-state index is 0.0195. The first-order valence-corrected chi connectivity index (χ1v) is 10.0. The van der Waals surface area contributed by atoms with E-state index in [1.54, 1.807) is 13.2 Å². The number of rotatable bonds is 6. The molecule has 0 unspecified atom stereocenters. The smallest absolute Gasteiger partial charge is 0.252 e. The highest BCUT2D eigenvalue weighted by atomic mass is 16.5. The Balaban J connectivity index is 1.95. The van der Waals surface area contributed by atoms with Crippen molar-refractivity contribution in [2.45, 2.75) is 58.4 Å². The molecule has 28 heavy (non-hydrogen) atoms. The van der Waals surface area contributed by atoms with Crippen molar-refractivity contribution in [3.05, 3.63) is 64.2 Å². The van der Waals surface area contributed by atoms with Crippen LogP contribution in [0.3, 0.4) is 0 Å². The molecule has 1 fully saturated rings. The number of carbonyl (C=O) groups excluding carboxylic acids is 2. The van der Waals surface area contributed by atoms with Crippen LogP contribution in [0.2, 0.25) is 0 Å². The molecule has 0 aromatic heterocycles. The molecule has 4 nitrogen and oxygen atoms in total. The molecule has 148 valence electrons. The van der Waals surface area contributed by atoms with E-state index < -0.39 is 5.54 Å². The van der Waals surface area contributed by atoms with Gasteiger partial charge < -0.3 is 10.1 Å². The SMILES string of the molecule is CCc1c(OC)cccc1C(=O)NC1(C(=O)c2cc(C)cc(C)c2)CCCC1. The van der Waals surface area contributed by atoms with E-state index in [0.29, 0.717) is 36.1 Å². The molecule has 2 aromatic rings. The summed E-state index contributed by atoms with van der Waals surface area (Å²) in [6, 6.07) is 11.4. The second-order valence-corrected chi connectivity index (χ2v) is 7.79. The zero-order valence-corrected chi connectivity index (χ0v) is 17.2. The van der Waals surface area contributed by atoms with Gasteiger partial charge in [0.2, 0.25) is 0 Å². The Kier molecular flexibility index (Phi) is 5.87. The van der Waals surface area contributed by atoms with E-state index >= 15 is 0 Å². The predicted octanol–water partition coefficient (Wildman–Crippen LogP) is 4.80. The number of ether oxygens (including phenoxy) is 1. The molecule has 0 aliphatic heterocycles. The van der Waals surface area contributed by atoms with Gasteiger partial charge in [-0.1, -0.05) is 43.0 Å². The first-order valence-electron chi connectivity index (χ1n) is 10.0. The highest BCUT2D eigenvalue weighted by Gasteiger charge is 2.43. The monoisotopic (exact) mass is 379 g/mol. The van der Waals surface area contributed by atoms with Crippen LogP contribution in [-0.2, 0) is 6.42 Å². The van der Waals surface area contributed by atoms with Crippen molar-refractivity contribution >= 4 is 11.7 Å². The lowest BCUT2D eigenvalue weighted by Crippen LogP contribution is -2.52. The maximum absolute atomic E-state index is 13.5. The summed E-state index contributed by atoms with van der Waals surface area (Å²) in [6.07, 6.45) is 3.92. The second-order valence-electron chi connectivity index (χ2n) is 7.79. The van der Waals surface area contributed by atoms with Gasteiger partial charge in [-0.05, 0) is 57.4 Å². The van der Waals surface area contributed by atoms with Gasteiger partial charge in [0.15, 0.2) is 5.78 Å². The summed E-state index contributed by atoms with van der Waals surface area (Å²) >= 11 is 0. The van der Waals surface area contributed by atoms with Crippen LogP contribution in [0.1, 0.15) is 70.0 Å². The first kappa shape index (κ1) is 20.1. The molecule has 0 spiro atoms. The lowest BCUT2D eigenvalue weighted by molar-refractivity contribution is 0.0769. The average Bonchev–Trinajstić information content (AvgIpc) is 3.15. The zero-order chi connectivity index (χ0) is 20.3. The summed E-state index contributed by atoms with van der Waals surface area (Å²) < 4.78 is 5.42. The first-order chi connectivity index (χ1) is 13.4. The highest BCUT2D eigenvalue weighted by molar-refractivity contribution is 6.08. The third kappa shape index (κ3) is 3.82. The molecule has 3 rings (SSSR count). The number of nitrogens with one attached hydrogen (secondary N) is 1. The van der Waals surface area contributed by atoms with Crippen molar-refractivity contribution in [2.24, 2.45) is 0 Å². The number of benzene rings is 2. The summed E-state index contributed by atoms with van der Waals surface area (Å²) in [7, 11) is 1.61. The van der Waals surface area contributed by atoms with Crippen LogP contribution in [0.15, 0.2) is 36.4 Å². The average molecular weight is 380 g/mol. The number of methoxy groups -OCH3 is 1. The quantitative estimate of drug-likeness (QED) is 0.734. The van der Waals surface area contributed by atoms with Crippen LogP contribution >= 0.6 is 0 Å². The fourth-order valence-corrected chi connectivity index (χ4v) is 4.39. The normalized spacial score (nSPS) is 15.3. The van der Waals surface area contributed by atoms with E-state index in [1.165, 1.54) is 0 Å². The summed E-state index contributed by atoms with van der Waals surface area (Å²) in [5.41, 5.74) is 3.43. The Morgan fingerprint density at radius 2 is 1.71 bits per heavy atom. The number of amides is 1. The molecule has 0 saturated heterocycles. The van der Waals surface area contributed by atoms with Crippen molar-refractivity contribution in [1.82, 2.24) is 5.32 Å². The number of carbonyl (C=O) groups is 2. The van der Waals surface area contributed by atoms with E-state index in [-0.39, 0.29) is 11.7 Å². The fourth-order valence-electron chi connectivity index (χ4n) is 4.39. The van der Waals surface area contributed by atoms with E-state index in [1.807, 2.05) is 45.0 Å². The third-order valence-electron chi connectivity index (χ3n) is 5.68. The summed E-state index contributed by atoms with van der Waals surface area (Å²) in [5.74, 6) is 0.526. The molecule has 1 amide bonds. The Bertz CT molecular complexity index is 874. The van der Waals surface area contributed by atoms with Crippen molar-refractivity contribution in [2.75, 3.05) is 7.11 Å². The van der Waals surface area contributed by atoms with Gasteiger partial charge in [-0.15, -0.1) is 0 Å². The standard InChI is InChI=1S/C24H29NO3/c1-5-19-20(9-8-10-21(19)28-4)23(27)25-24(11-6-7-12-24)22(26)18-14-16(2)13-17(3)15-18/h8-10,13-15H,5-7,11-12H2,1-4H3,(H,25,27). The van der Waals surface area contributed by atoms with Gasteiger partial charge in [0.25, 0.3) is 5.91 Å². The number of aryl methyl sites for hydroxylation is 2. The van der Waals surface area contributed by atoms with E-state index in [4.69, 9.17) is 4.74 Å². The van der Waals surface area contributed by atoms with Crippen LogP contribution in [0, 0.1) is 13.8 Å². The number of Topliss-reactive ketones (excluding diaryl/α,β-unsaturated/α-hetero) is 1. The van der Waals surface area contributed by atoms with Crippen molar-refractivity contribution in [3.8, 4) is 5.75 Å². The highest BCUT2D eigenvalue weighted by Crippen LogP contribution is 2.34. The van der Waals surface area contributed by atoms with Crippen LogP contribution < -0.4 is 10.1 Å². The topological polar surface area (TPSA) is 55.4 Å². The lowest BCUT2D eigenvalue weighted by Gasteiger charge is -2.30. The number of ketones is 1. The van der Waals surface area contributed by atoms with Crippen molar-refractivity contribution in [1.29, 1.82) is 0 Å². The van der Waals surface area contributed by atoms with Gasteiger partial charge in [-0.3, -0.25) is 9.59 Å². The molecule has 0 bridgehead atoms. The van der Waals surface area contributed by atoms with Crippen LogP contribution in [0.25, 0.3) is 0 Å². The Labute approximate surface area is 167 Å². The van der Waals surface area contributed by atoms with Gasteiger partial charge in [0.05, 0.1) is 7.11 Å². The molecule has 1 aliphatic carbocycles.